The van der Waals surface area contributed by atoms with E-state index in [4.69, 9.17) is 0 Å². The molecule has 0 amide bonds. The first-order chi connectivity index (χ1) is 8.79. The maximum atomic E-state index is 4.28. The monoisotopic (exact) mass is 249 g/mol. The third-order valence-corrected chi connectivity index (χ3v) is 3.53. The number of guanidine groups is 1. The van der Waals surface area contributed by atoms with Gasteiger partial charge in [-0.05, 0) is 18.9 Å². The van der Waals surface area contributed by atoms with Crippen LogP contribution >= 0.6 is 0 Å². The normalized spacial score (nSPS) is 17.8. The fraction of sp³-hybridized carbons (Fsp3) is 0.692. The zero-order valence-electron chi connectivity index (χ0n) is 11.3. The summed E-state index contributed by atoms with van der Waals surface area (Å²) in [5.41, 5.74) is 1.15. The first kappa shape index (κ1) is 12.9. The van der Waals surface area contributed by atoms with Gasteiger partial charge in [0.25, 0.3) is 0 Å². The molecule has 1 aliphatic rings. The van der Waals surface area contributed by atoms with Gasteiger partial charge in [-0.2, -0.15) is 5.10 Å². The van der Waals surface area contributed by atoms with Crippen molar-refractivity contribution in [1.82, 2.24) is 20.4 Å². The number of nitrogens with zero attached hydrogens (tertiary/aromatic N) is 3. The number of nitrogens with one attached hydrogen (secondary N) is 2. The number of rotatable bonds is 3. The van der Waals surface area contributed by atoms with Crippen molar-refractivity contribution in [3.05, 3.63) is 18.0 Å². The van der Waals surface area contributed by atoms with E-state index >= 15 is 0 Å². The van der Waals surface area contributed by atoms with Gasteiger partial charge in [-0.25, -0.2) is 0 Å². The number of hydrogen-bond acceptors (Lipinski definition) is 2. The molecule has 100 valence electrons. The highest BCUT2D eigenvalue weighted by Gasteiger charge is 2.14. The molecule has 18 heavy (non-hydrogen) atoms. The molecule has 1 aromatic heterocycles. The molecule has 0 aliphatic heterocycles. The minimum Gasteiger partial charge on any atom is -0.354 e. The van der Waals surface area contributed by atoms with E-state index in [9.17, 15) is 0 Å². The lowest BCUT2D eigenvalue weighted by Crippen LogP contribution is -2.44. The van der Waals surface area contributed by atoms with Gasteiger partial charge in [0.2, 0.25) is 0 Å². The Balaban J connectivity index is 1.80. The van der Waals surface area contributed by atoms with Crippen molar-refractivity contribution < 1.29 is 0 Å². The van der Waals surface area contributed by atoms with Crippen LogP contribution in [-0.2, 0) is 13.6 Å². The number of aryl methyl sites for hydroxylation is 1. The fourth-order valence-electron chi connectivity index (χ4n) is 2.38. The molecular weight excluding hydrogens is 226 g/mol. The van der Waals surface area contributed by atoms with Gasteiger partial charge in [0.05, 0.1) is 12.2 Å². The zero-order valence-corrected chi connectivity index (χ0v) is 11.3. The molecule has 1 heterocycles. The smallest absolute Gasteiger partial charge is 0.191 e. The summed E-state index contributed by atoms with van der Waals surface area (Å²) in [5.74, 6) is 0.892. The summed E-state index contributed by atoms with van der Waals surface area (Å²) < 4.78 is 1.88. The van der Waals surface area contributed by atoms with Gasteiger partial charge in [0.1, 0.15) is 0 Å². The molecule has 5 nitrogen and oxygen atoms in total. The van der Waals surface area contributed by atoms with E-state index in [1.165, 1.54) is 32.1 Å². The Morgan fingerprint density at radius 1 is 1.44 bits per heavy atom. The minimum atomic E-state index is 0.580. The summed E-state index contributed by atoms with van der Waals surface area (Å²) in [5, 5.41) is 11.0. The molecule has 0 unspecified atom stereocenters. The van der Waals surface area contributed by atoms with Crippen LogP contribution in [0.2, 0.25) is 0 Å². The summed E-state index contributed by atoms with van der Waals surface area (Å²) in [6.07, 6.45) is 8.36. The molecule has 0 atom stereocenters. The zero-order chi connectivity index (χ0) is 12.8. The summed E-state index contributed by atoms with van der Waals surface area (Å²) in [6.45, 7) is 0.753. The first-order valence-corrected chi connectivity index (χ1v) is 6.73. The molecule has 1 aromatic rings. The Hall–Kier alpha value is -1.52. The third kappa shape index (κ3) is 3.48. The number of aliphatic imine (C=N–C) groups is 1. The highest BCUT2D eigenvalue weighted by atomic mass is 15.3. The van der Waals surface area contributed by atoms with Crippen LogP contribution in [0.3, 0.4) is 0 Å². The van der Waals surface area contributed by atoms with Crippen LogP contribution in [0.25, 0.3) is 0 Å². The Labute approximate surface area is 109 Å². The highest BCUT2D eigenvalue weighted by Crippen LogP contribution is 2.17. The standard InChI is InChI=1S/C13H23N5/c1-14-13(17-11-6-4-3-5-7-11)15-10-12-8-9-16-18(12)2/h8-9,11H,3-7,10H2,1-2H3,(H2,14,15,17). The molecule has 1 aliphatic carbocycles. The van der Waals surface area contributed by atoms with Crippen LogP contribution in [0.5, 0.6) is 0 Å². The van der Waals surface area contributed by atoms with Gasteiger partial charge in [0, 0.05) is 26.3 Å². The third-order valence-electron chi connectivity index (χ3n) is 3.53. The SMILES string of the molecule is CN=C(NCc1ccnn1C)NC1CCCCC1. The fourth-order valence-corrected chi connectivity index (χ4v) is 2.38. The second kappa shape index (κ2) is 6.42. The maximum Gasteiger partial charge on any atom is 0.191 e. The first-order valence-electron chi connectivity index (χ1n) is 6.73. The summed E-state index contributed by atoms with van der Waals surface area (Å²) in [6, 6.07) is 2.59. The van der Waals surface area contributed by atoms with Gasteiger partial charge in [-0.3, -0.25) is 9.67 Å². The van der Waals surface area contributed by atoms with Crippen molar-refractivity contribution >= 4 is 5.96 Å². The van der Waals surface area contributed by atoms with Crippen molar-refractivity contribution in [3.8, 4) is 0 Å². The Morgan fingerprint density at radius 2 is 2.22 bits per heavy atom. The molecule has 2 rings (SSSR count). The average molecular weight is 249 g/mol. The highest BCUT2D eigenvalue weighted by molar-refractivity contribution is 5.79. The Morgan fingerprint density at radius 3 is 2.83 bits per heavy atom. The molecule has 0 aromatic carbocycles. The van der Waals surface area contributed by atoms with Crippen molar-refractivity contribution in [2.75, 3.05) is 7.05 Å². The minimum absolute atomic E-state index is 0.580. The molecule has 0 radical (unpaired) electrons. The van der Waals surface area contributed by atoms with Gasteiger partial charge in [-0.15, -0.1) is 0 Å². The average Bonchev–Trinajstić information content (AvgIpc) is 2.81. The van der Waals surface area contributed by atoms with Crippen molar-refractivity contribution in [1.29, 1.82) is 0 Å². The second-order valence-corrected chi connectivity index (χ2v) is 4.85. The molecule has 1 fully saturated rings. The Kier molecular flexibility index (Phi) is 4.61. The van der Waals surface area contributed by atoms with Crippen LogP contribution in [0.4, 0.5) is 0 Å². The van der Waals surface area contributed by atoms with Crippen molar-refractivity contribution in [3.63, 3.8) is 0 Å². The Bertz CT molecular complexity index is 390. The van der Waals surface area contributed by atoms with Gasteiger partial charge in [0.15, 0.2) is 5.96 Å². The summed E-state index contributed by atoms with van der Waals surface area (Å²) in [7, 11) is 3.77. The molecule has 0 bridgehead atoms. The van der Waals surface area contributed by atoms with E-state index in [0.717, 1.165) is 18.2 Å². The van der Waals surface area contributed by atoms with E-state index in [0.29, 0.717) is 6.04 Å². The van der Waals surface area contributed by atoms with Crippen molar-refractivity contribution in [2.24, 2.45) is 12.0 Å². The molecule has 2 N–H and O–H groups in total. The molecular formula is C13H23N5. The van der Waals surface area contributed by atoms with E-state index in [-0.39, 0.29) is 0 Å². The van der Waals surface area contributed by atoms with Gasteiger partial charge < -0.3 is 10.6 Å². The summed E-state index contributed by atoms with van der Waals surface area (Å²) in [4.78, 5) is 4.28. The molecule has 0 spiro atoms. The number of aromatic nitrogens is 2. The van der Waals surface area contributed by atoms with Crippen molar-refractivity contribution in [2.45, 2.75) is 44.7 Å². The van der Waals surface area contributed by atoms with E-state index in [2.05, 4.69) is 20.7 Å². The largest absolute Gasteiger partial charge is 0.354 e. The quantitative estimate of drug-likeness (QED) is 0.629. The predicted molar refractivity (Wildman–Crippen MR) is 73.4 cm³/mol. The van der Waals surface area contributed by atoms with Crippen LogP contribution in [0.15, 0.2) is 17.3 Å². The van der Waals surface area contributed by atoms with Crippen LogP contribution in [0.1, 0.15) is 37.8 Å². The second-order valence-electron chi connectivity index (χ2n) is 4.85. The van der Waals surface area contributed by atoms with Crippen LogP contribution in [0, 0.1) is 0 Å². The van der Waals surface area contributed by atoms with Gasteiger partial charge in [-0.1, -0.05) is 19.3 Å². The molecule has 5 heteroatoms. The maximum absolute atomic E-state index is 4.28. The lowest BCUT2D eigenvalue weighted by atomic mass is 9.96. The van der Waals surface area contributed by atoms with E-state index in [1.54, 1.807) is 0 Å². The van der Waals surface area contributed by atoms with Crippen LogP contribution < -0.4 is 10.6 Å². The number of hydrogen-bond donors (Lipinski definition) is 2. The molecule has 1 saturated carbocycles. The topological polar surface area (TPSA) is 54.2 Å². The lowest BCUT2D eigenvalue weighted by Gasteiger charge is -2.24. The van der Waals surface area contributed by atoms with Gasteiger partial charge >= 0.3 is 0 Å². The summed E-state index contributed by atoms with van der Waals surface area (Å²) >= 11 is 0. The lowest BCUT2D eigenvalue weighted by molar-refractivity contribution is 0.410. The predicted octanol–water partition coefficient (Wildman–Crippen LogP) is 1.42. The van der Waals surface area contributed by atoms with E-state index in [1.807, 2.05) is 31.0 Å². The molecule has 0 saturated heterocycles. The van der Waals surface area contributed by atoms with E-state index < -0.39 is 0 Å². The van der Waals surface area contributed by atoms with Crippen LogP contribution in [-0.4, -0.2) is 28.8 Å².